The SMILES string of the molecule is CC1CCN(C(=O)c2ccc(Cl)cc2O)C1. The molecule has 3 nitrogen and oxygen atoms in total. The van der Waals surface area contributed by atoms with Crippen LogP contribution in [0.3, 0.4) is 0 Å². The molecule has 1 atom stereocenters. The summed E-state index contributed by atoms with van der Waals surface area (Å²) in [6.45, 7) is 3.65. The molecule has 0 radical (unpaired) electrons. The van der Waals surface area contributed by atoms with E-state index < -0.39 is 0 Å². The number of benzene rings is 1. The van der Waals surface area contributed by atoms with Crippen LogP contribution in [0.1, 0.15) is 23.7 Å². The highest BCUT2D eigenvalue weighted by Gasteiger charge is 2.25. The van der Waals surface area contributed by atoms with Gasteiger partial charge in [-0.3, -0.25) is 4.79 Å². The molecule has 1 aromatic rings. The van der Waals surface area contributed by atoms with E-state index in [1.807, 2.05) is 0 Å². The molecule has 1 aromatic carbocycles. The Labute approximate surface area is 99.6 Å². The zero-order valence-corrected chi connectivity index (χ0v) is 9.87. The van der Waals surface area contributed by atoms with E-state index in [-0.39, 0.29) is 11.7 Å². The van der Waals surface area contributed by atoms with Crippen molar-refractivity contribution in [3.63, 3.8) is 0 Å². The maximum Gasteiger partial charge on any atom is 0.257 e. The van der Waals surface area contributed by atoms with E-state index >= 15 is 0 Å². The summed E-state index contributed by atoms with van der Waals surface area (Å²) in [7, 11) is 0. The van der Waals surface area contributed by atoms with Gasteiger partial charge in [0.1, 0.15) is 5.75 Å². The largest absolute Gasteiger partial charge is 0.507 e. The summed E-state index contributed by atoms with van der Waals surface area (Å²) in [5.74, 6) is 0.383. The fourth-order valence-electron chi connectivity index (χ4n) is 1.98. The molecule has 4 heteroatoms. The second-order valence-corrected chi connectivity index (χ2v) is 4.74. The smallest absolute Gasteiger partial charge is 0.257 e. The summed E-state index contributed by atoms with van der Waals surface area (Å²) in [6, 6.07) is 4.59. The molecule has 86 valence electrons. The van der Waals surface area contributed by atoms with Gasteiger partial charge in [-0.25, -0.2) is 0 Å². The number of halogens is 1. The number of carbonyl (C=O) groups is 1. The lowest BCUT2D eigenvalue weighted by molar-refractivity contribution is 0.0785. The van der Waals surface area contributed by atoms with Crippen molar-refractivity contribution in [1.29, 1.82) is 0 Å². The molecule has 1 fully saturated rings. The first-order valence-corrected chi connectivity index (χ1v) is 5.73. The zero-order valence-electron chi connectivity index (χ0n) is 9.11. The monoisotopic (exact) mass is 239 g/mol. The lowest BCUT2D eigenvalue weighted by Crippen LogP contribution is -2.28. The molecule has 1 amide bonds. The van der Waals surface area contributed by atoms with Gasteiger partial charge in [0.15, 0.2) is 0 Å². The topological polar surface area (TPSA) is 40.5 Å². The first kappa shape index (κ1) is 11.3. The lowest BCUT2D eigenvalue weighted by Gasteiger charge is -2.16. The second-order valence-electron chi connectivity index (χ2n) is 4.31. The molecule has 1 heterocycles. The molecule has 1 aliphatic rings. The van der Waals surface area contributed by atoms with Crippen LogP contribution >= 0.6 is 11.6 Å². The molecule has 2 rings (SSSR count). The average Bonchev–Trinajstić information content (AvgIpc) is 2.64. The highest BCUT2D eigenvalue weighted by atomic mass is 35.5. The first-order chi connectivity index (χ1) is 7.58. The van der Waals surface area contributed by atoms with Crippen molar-refractivity contribution in [3.05, 3.63) is 28.8 Å². The van der Waals surface area contributed by atoms with E-state index in [9.17, 15) is 9.90 Å². The van der Waals surface area contributed by atoms with Gasteiger partial charge in [0, 0.05) is 18.1 Å². The van der Waals surface area contributed by atoms with Crippen LogP contribution in [0.4, 0.5) is 0 Å². The van der Waals surface area contributed by atoms with Crippen LogP contribution in [-0.2, 0) is 0 Å². The summed E-state index contributed by atoms with van der Waals surface area (Å²) in [4.78, 5) is 13.8. The normalized spacial score (nSPS) is 20.1. The summed E-state index contributed by atoms with van der Waals surface area (Å²) < 4.78 is 0. The number of likely N-dealkylation sites (tertiary alicyclic amines) is 1. The molecule has 1 unspecified atom stereocenters. The Morgan fingerprint density at radius 3 is 2.88 bits per heavy atom. The van der Waals surface area contributed by atoms with E-state index in [4.69, 9.17) is 11.6 Å². The highest BCUT2D eigenvalue weighted by Crippen LogP contribution is 2.25. The maximum atomic E-state index is 12.0. The summed E-state index contributed by atoms with van der Waals surface area (Å²) in [5.41, 5.74) is 0.332. The Morgan fingerprint density at radius 2 is 2.31 bits per heavy atom. The van der Waals surface area contributed by atoms with Crippen LogP contribution in [0.15, 0.2) is 18.2 Å². The van der Waals surface area contributed by atoms with Crippen LogP contribution in [-0.4, -0.2) is 29.0 Å². The number of amides is 1. The third-order valence-electron chi connectivity index (χ3n) is 2.90. The Bertz CT molecular complexity index is 419. The minimum atomic E-state index is -0.112. The Kier molecular flexibility index (Phi) is 3.06. The number of nitrogens with zero attached hydrogens (tertiary/aromatic N) is 1. The number of phenolic OH excluding ortho intramolecular Hbond substituents is 1. The van der Waals surface area contributed by atoms with Crippen LogP contribution < -0.4 is 0 Å². The number of aromatic hydroxyl groups is 1. The van der Waals surface area contributed by atoms with Gasteiger partial charge in [-0.05, 0) is 30.5 Å². The van der Waals surface area contributed by atoms with Gasteiger partial charge >= 0.3 is 0 Å². The van der Waals surface area contributed by atoms with Crippen LogP contribution in [0.5, 0.6) is 5.75 Å². The fraction of sp³-hybridized carbons (Fsp3) is 0.417. The minimum Gasteiger partial charge on any atom is -0.507 e. The number of hydrogen-bond donors (Lipinski definition) is 1. The average molecular weight is 240 g/mol. The van der Waals surface area contributed by atoms with E-state index in [1.165, 1.54) is 6.07 Å². The Balaban J connectivity index is 2.21. The zero-order chi connectivity index (χ0) is 11.7. The van der Waals surface area contributed by atoms with Crippen molar-refractivity contribution in [1.82, 2.24) is 4.90 Å². The van der Waals surface area contributed by atoms with Crippen molar-refractivity contribution >= 4 is 17.5 Å². The third-order valence-corrected chi connectivity index (χ3v) is 3.14. The van der Waals surface area contributed by atoms with Gasteiger partial charge in [-0.15, -0.1) is 0 Å². The number of hydrogen-bond acceptors (Lipinski definition) is 2. The van der Waals surface area contributed by atoms with Gasteiger partial charge in [-0.2, -0.15) is 0 Å². The number of carbonyl (C=O) groups excluding carboxylic acids is 1. The standard InChI is InChI=1S/C12H14ClNO2/c1-8-4-5-14(7-8)12(16)10-3-2-9(13)6-11(10)15/h2-3,6,8,15H,4-5,7H2,1H3. The lowest BCUT2D eigenvalue weighted by atomic mass is 10.1. The second kappa shape index (κ2) is 4.34. The molecule has 1 N–H and O–H groups in total. The summed E-state index contributed by atoms with van der Waals surface area (Å²) in [6.07, 6.45) is 1.03. The van der Waals surface area contributed by atoms with Gasteiger partial charge in [0.25, 0.3) is 5.91 Å². The molecular weight excluding hydrogens is 226 g/mol. The third kappa shape index (κ3) is 2.14. The van der Waals surface area contributed by atoms with E-state index in [2.05, 4.69) is 6.92 Å². The molecule has 0 bridgehead atoms. The van der Waals surface area contributed by atoms with Crippen molar-refractivity contribution < 1.29 is 9.90 Å². The van der Waals surface area contributed by atoms with Crippen molar-refractivity contribution in [2.24, 2.45) is 5.92 Å². The molecule has 0 aliphatic carbocycles. The number of phenols is 1. The molecule has 1 aliphatic heterocycles. The molecule has 0 spiro atoms. The predicted molar refractivity (Wildman–Crippen MR) is 62.8 cm³/mol. The van der Waals surface area contributed by atoms with E-state index in [0.29, 0.717) is 16.5 Å². The van der Waals surface area contributed by atoms with Gasteiger partial charge in [-0.1, -0.05) is 18.5 Å². The summed E-state index contributed by atoms with van der Waals surface area (Å²) in [5, 5.41) is 10.1. The van der Waals surface area contributed by atoms with E-state index in [0.717, 1.165) is 19.5 Å². The van der Waals surface area contributed by atoms with Crippen molar-refractivity contribution in [2.45, 2.75) is 13.3 Å². The maximum absolute atomic E-state index is 12.0. The van der Waals surface area contributed by atoms with Gasteiger partial charge < -0.3 is 10.0 Å². The van der Waals surface area contributed by atoms with Crippen LogP contribution in [0.25, 0.3) is 0 Å². The molecule has 1 saturated heterocycles. The fourth-order valence-corrected chi connectivity index (χ4v) is 2.14. The quantitative estimate of drug-likeness (QED) is 0.818. The van der Waals surface area contributed by atoms with Crippen molar-refractivity contribution in [2.75, 3.05) is 13.1 Å². The van der Waals surface area contributed by atoms with Gasteiger partial charge in [0.05, 0.1) is 5.56 Å². The van der Waals surface area contributed by atoms with E-state index in [1.54, 1.807) is 17.0 Å². The first-order valence-electron chi connectivity index (χ1n) is 5.35. The molecule has 0 saturated carbocycles. The Hall–Kier alpha value is -1.22. The summed E-state index contributed by atoms with van der Waals surface area (Å²) >= 11 is 5.72. The molecule has 16 heavy (non-hydrogen) atoms. The predicted octanol–water partition coefficient (Wildman–Crippen LogP) is 2.53. The van der Waals surface area contributed by atoms with Gasteiger partial charge in [0.2, 0.25) is 0 Å². The van der Waals surface area contributed by atoms with Crippen molar-refractivity contribution in [3.8, 4) is 5.75 Å². The Morgan fingerprint density at radius 1 is 1.56 bits per heavy atom. The minimum absolute atomic E-state index is 0.0444. The van der Waals surface area contributed by atoms with Crippen LogP contribution in [0, 0.1) is 5.92 Å². The number of rotatable bonds is 1. The molecule has 0 aromatic heterocycles. The highest BCUT2D eigenvalue weighted by molar-refractivity contribution is 6.30. The molecular formula is C12H14ClNO2. The van der Waals surface area contributed by atoms with Crippen LogP contribution in [0.2, 0.25) is 5.02 Å².